The van der Waals surface area contributed by atoms with E-state index >= 15 is 0 Å². The Morgan fingerprint density at radius 1 is 1.45 bits per heavy atom. The summed E-state index contributed by atoms with van der Waals surface area (Å²) in [5, 5.41) is 0. The van der Waals surface area contributed by atoms with E-state index in [1.807, 2.05) is 19.1 Å². The largest absolute Gasteiger partial charge is 0.495 e. The number of hydrogen-bond acceptors (Lipinski definition) is 2. The van der Waals surface area contributed by atoms with Crippen molar-refractivity contribution in [3.05, 3.63) is 21.3 Å². The maximum absolute atomic E-state index is 5.19. The molecule has 1 aromatic rings. The van der Waals surface area contributed by atoms with E-state index in [1.165, 1.54) is 0 Å². The molecule has 0 N–H and O–H groups in total. The van der Waals surface area contributed by atoms with Crippen molar-refractivity contribution in [1.29, 1.82) is 0 Å². The van der Waals surface area contributed by atoms with Gasteiger partial charge in [0.25, 0.3) is 0 Å². The Labute approximate surface area is 85.7 Å². The lowest BCUT2D eigenvalue weighted by Gasteiger charge is -2.07. The molecule has 60 valence electrons. The number of halogens is 1. The van der Waals surface area contributed by atoms with Crippen LogP contribution in [0.5, 0.6) is 5.75 Å². The van der Waals surface area contributed by atoms with E-state index in [2.05, 4.69) is 35.2 Å². The summed E-state index contributed by atoms with van der Waals surface area (Å²) >= 11 is 6.49. The van der Waals surface area contributed by atoms with Crippen LogP contribution >= 0.6 is 35.2 Å². The zero-order valence-corrected chi connectivity index (χ0v) is 9.44. The highest BCUT2D eigenvalue weighted by molar-refractivity contribution is 14.1. The Bertz CT molecular complexity index is 250. The average Bonchev–Trinajstić information content (AvgIpc) is 1.85. The van der Waals surface area contributed by atoms with E-state index in [1.54, 1.807) is 7.11 Å². The van der Waals surface area contributed by atoms with Gasteiger partial charge in [0.15, 0.2) is 0 Å². The molecule has 0 aliphatic rings. The predicted molar refractivity (Wildman–Crippen MR) is 57.7 cm³/mol. The molecule has 0 aliphatic carbocycles. The van der Waals surface area contributed by atoms with Crippen molar-refractivity contribution in [2.45, 2.75) is 11.8 Å². The second-order valence-electron chi connectivity index (χ2n) is 2.28. The molecule has 0 spiro atoms. The van der Waals surface area contributed by atoms with Crippen molar-refractivity contribution in [1.82, 2.24) is 0 Å². The lowest BCUT2D eigenvalue weighted by Crippen LogP contribution is -1.90. The van der Waals surface area contributed by atoms with Gasteiger partial charge in [0.05, 0.1) is 10.7 Å². The molecule has 0 heterocycles. The maximum atomic E-state index is 5.19. The third kappa shape index (κ3) is 2.02. The van der Waals surface area contributed by atoms with Gasteiger partial charge in [-0.1, -0.05) is 0 Å². The first-order chi connectivity index (χ1) is 5.15. The van der Waals surface area contributed by atoms with E-state index < -0.39 is 0 Å². The minimum absolute atomic E-state index is 0.948. The molecule has 1 aromatic carbocycles. The van der Waals surface area contributed by atoms with E-state index in [4.69, 9.17) is 4.74 Å². The quantitative estimate of drug-likeness (QED) is 0.614. The molecule has 0 saturated carbocycles. The monoisotopic (exact) mass is 280 g/mol. The molecule has 1 rings (SSSR count). The number of hydrogen-bond donors (Lipinski definition) is 1. The van der Waals surface area contributed by atoms with Gasteiger partial charge in [0.2, 0.25) is 0 Å². The van der Waals surface area contributed by atoms with Gasteiger partial charge in [-0.15, -0.1) is 12.6 Å². The third-order valence-corrected chi connectivity index (χ3v) is 2.48. The van der Waals surface area contributed by atoms with Gasteiger partial charge in [-0.3, -0.25) is 0 Å². The molecule has 0 saturated heterocycles. The van der Waals surface area contributed by atoms with Crippen molar-refractivity contribution in [2.75, 3.05) is 7.11 Å². The Morgan fingerprint density at radius 3 is 2.55 bits per heavy atom. The standard InChI is InChI=1S/C8H9IOS/c1-5-3-6(11)4-7(9)8(5)10-2/h3-4,11H,1-2H3. The summed E-state index contributed by atoms with van der Waals surface area (Å²) in [6, 6.07) is 3.97. The highest BCUT2D eigenvalue weighted by Gasteiger charge is 2.03. The Hall–Kier alpha value is 0.1000. The highest BCUT2D eigenvalue weighted by atomic mass is 127. The molecule has 0 atom stereocenters. The van der Waals surface area contributed by atoms with Crippen molar-refractivity contribution >= 4 is 35.2 Å². The predicted octanol–water partition coefficient (Wildman–Crippen LogP) is 2.90. The van der Waals surface area contributed by atoms with Crippen LogP contribution in [0.25, 0.3) is 0 Å². The fraction of sp³-hybridized carbons (Fsp3) is 0.250. The lowest BCUT2D eigenvalue weighted by atomic mass is 10.2. The average molecular weight is 280 g/mol. The molecular weight excluding hydrogens is 271 g/mol. The first-order valence-electron chi connectivity index (χ1n) is 3.18. The summed E-state index contributed by atoms with van der Waals surface area (Å²) in [5.74, 6) is 0.948. The van der Waals surface area contributed by atoms with Crippen LogP contribution in [0.1, 0.15) is 5.56 Å². The molecule has 0 aliphatic heterocycles. The Morgan fingerprint density at radius 2 is 2.09 bits per heavy atom. The highest BCUT2D eigenvalue weighted by Crippen LogP contribution is 2.27. The number of methoxy groups -OCH3 is 1. The minimum atomic E-state index is 0.948. The van der Waals surface area contributed by atoms with Crippen LogP contribution < -0.4 is 4.74 Å². The van der Waals surface area contributed by atoms with E-state index in [-0.39, 0.29) is 0 Å². The molecule has 0 bridgehead atoms. The zero-order valence-electron chi connectivity index (χ0n) is 6.39. The molecule has 11 heavy (non-hydrogen) atoms. The van der Waals surface area contributed by atoms with Crippen molar-refractivity contribution in [3.63, 3.8) is 0 Å². The van der Waals surface area contributed by atoms with Crippen LogP contribution in [0.4, 0.5) is 0 Å². The second kappa shape index (κ2) is 3.67. The topological polar surface area (TPSA) is 9.23 Å². The molecule has 0 fully saturated rings. The van der Waals surface area contributed by atoms with Gasteiger partial charge >= 0.3 is 0 Å². The van der Waals surface area contributed by atoms with Crippen LogP contribution in [-0.4, -0.2) is 7.11 Å². The van der Waals surface area contributed by atoms with E-state index in [0.717, 1.165) is 19.8 Å². The van der Waals surface area contributed by atoms with Crippen molar-refractivity contribution in [2.24, 2.45) is 0 Å². The molecular formula is C8H9IOS. The van der Waals surface area contributed by atoms with Crippen molar-refractivity contribution in [3.8, 4) is 5.75 Å². The maximum Gasteiger partial charge on any atom is 0.135 e. The molecule has 1 nitrogen and oxygen atoms in total. The number of rotatable bonds is 1. The van der Waals surface area contributed by atoms with Crippen LogP contribution in [0.3, 0.4) is 0 Å². The summed E-state index contributed by atoms with van der Waals surface area (Å²) in [6.45, 7) is 2.01. The second-order valence-corrected chi connectivity index (χ2v) is 3.96. The van der Waals surface area contributed by atoms with Gasteiger partial charge < -0.3 is 4.74 Å². The van der Waals surface area contributed by atoms with Crippen LogP contribution in [0.2, 0.25) is 0 Å². The van der Waals surface area contributed by atoms with Crippen LogP contribution in [0, 0.1) is 10.5 Å². The Kier molecular flexibility index (Phi) is 3.06. The first-order valence-corrected chi connectivity index (χ1v) is 4.71. The summed E-state index contributed by atoms with van der Waals surface area (Å²) in [5.41, 5.74) is 1.13. The summed E-state index contributed by atoms with van der Waals surface area (Å²) in [7, 11) is 1.68. The van der Waals surface area contributed by atoms with E-state index in [0.29, 0.717) is 0 Å². The number of benzene rings is 1. The summed E-state index contributed by atoms with van der Waals surface area (Å²) in [6.07, 6.45) is 0. The summed E-state index contributed by atoms with van der Waals surface area (Å²) in [4.78, 5) is 0.979. The fourth-order valence-corrected chi connectivity index (χ4v) is 2.52. The van der Waals surface area contributed by atoms with Crippen LogP contribution in [-0.2, 0) is 0 Å². The minimum Gasteiger partial charge on any atom is -0.495 e. The third-order valence-electron chi connectivity index (χ3n) is 1.42. The number of thiol groups is 1. The lowest BCUT2D eigenvalue weighted by molar-refractivity contribution is 0.408. The molecule has 0 radical (unpaired) electrons. The molecule has 0 unspecified atom stereocenters. The number of ether oxygens (including phenoxy) is 1. The van der Waals surface area contributed by atoms with Gasteiger partial charge in [0, 0.05) is 4.90 Å². The van der Waals surface area contributed by atoms with Gasteiger partial charge in [0.1, 0.15) is 5.75 Å². The molecule has 3 heteroatoms. The molecule has 0 aromatic heterocycles. The fourth-order valence-electron chi connectivity index (χ4n) is 0.971. The molecule has 0 amide bonds. The smallest absolute Gasteiger partial charge is 0.135 e. The van der Waals surface area contributed by atoms with Gasteiger partial charge in [-0.05, 0) is 47.2 Å². The SMILES string of the molecule is COc1c(C)cc(S)cc1I. The van der Waals surface area contributed by atoms with Crippen LogP contribution in [0.15, 0.2) is 17.0 Å². The zero-order chi connectivity index (χ0) is 8.43. The van der Waals surface area contributed by atoms with Gasteiger partial charge in [-0.25, -0.2) is 0 Å². The normalized spacial score (nSPS) is 9.82. The van der Waals surface area contributed by atoms with Crippen molar-refractivity contribution < 1.29 is 4.74 Å². The number of aryl methyl sites for hydroxylation is 1. The summed E-state index contributed by atoms with van der Waals surface area (Å²) < 4.78 is 6.30. The first kappa shape index (κ1) is 9.19. The van der Waals surface area contributed by atoms with Gasteiger partial charge in [-0.2, -0.15) is 0 Å². The van der Waals surface area contributed by atoms with E-state index in [9.17, 15) is 0 Å². The Balaban J connectivity index is 3.25.